The Bertz CT molecular complexity index is 1460. The smallest absolute Gasteiger partial charge is 0.294 e. The van der Waals surface area contributed by atoms with E-state index in [1.165, 1.54) is 5.56 Å². The molecule has 1 aromatic heterocycles. The fourth-order valence-corrected chi connectivity index (χ4v) is 6.67. The molecule has 0 unspecified atom stereocenters. The molecule has 8 heteroatoms. The first kappa shape index (κ1) is 21.4. The molecule has 0 radical (unpaired) electrons. The number of sulfonamides is 1. The van der Waals surface area contributed by atoms with E-state index in [-0.39, 0.29) is 15.8 Å². The molecule has 0 bridgehead atoms. The minimum Gasteiger partial charge on any atom is -0.294 e. The van der Waals surface area contributed by atoms with E-state index in [1.807, 2.05) is 30.3 Å². The molecule has 0 saturated heterocycles. The van der Waals surface area contributed by atoms with E-state index in [4.69, 9.17) is 11.6 Å². The first-order valence-electron chi connectivity index (χ1n) is 10.4. The maximum Gasteiger partial charge on any atom is 0.308 e. The molecule has 1 heterocycles. The number of fused-ring (bicyclic) bond motifs is 2. The van der Waals surface area contributed by atoms with Crippen LogP contribution in [0, 0.1) is 0 Å². The quantitative estimate of drug-likeness (QED) is 0.427. The van der Waals surface area contributed by atoms with Gasteiger partial charge in [-0.1, -0.05) is 59.3 Å². The Labute approximate surface area is 195 Å². The summed E-state index contributed by atoms with van der Waals surface area (Å²) in [7, 11) is -3.73. The largest absolute Gasteiger partial charge is 0.308 e. The van der Waals surface area contributed by atoms with Crippen LogP contribution in [-0.4, -0.2) is 13.0 Å². The molecular formula is C24H21ClN2O3S2. The summed E-state index contributed by atoms with van der Waals surface area (Å²) < 4.78 is 31.5. The molecule has 3 aromatic carbocycles. The number of rotatable bonds is 5. The molecule has 5 rings (SSSR count). The van der Waals surface area contributed by atoms with Gasteiger partial charge in [-0.15, -0.1) is 0 Å². The zero-order valence-electron chi connectivity index (χ0n) is 17.1. The summed E-state index contributed by atoms with van der Waals surface area (Å²) in [6.07, 6.45) is 2.68. The lowest BCUT2D eigenvalue weighted by Gasteiger charge is -2.26. The minimum atomic E-state index is -3.73. The highest BCUT2D eigenvalue weighted by Gasteiger charge is 2.26. The summed E-state index contributed by atoms with van der Waals surface area (Å²) in [5.74, 6) is 0. The average molecular weight is 485 g/mol. The van der Waals surface area contributed by atoms with Crippen LogP contribution < -0.4 is 9.60 Å². The van der Waals surface area contributed by atoms with Crippen LogP contribution in [0.5, 0.6) is 0 Å². The van der Waals surface area contributed by atoms with E-state index in [1.54, 1.807) is 34.9 Å². The van der Waals surface area contributed by atoms with E-state index >= 15 is 0 Å². The lowest BCUT2D eigenvalue weighted by Crippen LogP contribution is -2.31. The third-order valence-corrected chi connectivity index (χ3v) is 8.53. The van der Waals surface area contributed by atoms with Gasteiger partial charge in [0.1, 0.15) is 0 Å². The molecule has 0 amide bonds. The third kappa shape index (κ3) is 4.13. The second-order valence-electron chi connectivity index (χ2n) is 7.98. The molecule has 1 N–H and O–H groups in total. The molecule has 1 aliphatic rings. The summed E-state index contributed by atoms with van der Waals surface area (Å²) in [5, 5.41) is 0.638. The Hall–Kier alpha value is -2.45. The molecule has 4 aromatic rings. The molecular weight excluding hydrogens is 464 g/mol. The van der Waals surface area contributed by atoms with Gasteiger partial charge in [0.2, 0.25) is 10.0 Å². The molecule has 1 atom stereocenters. The highest BCUT2D eigenvalue weighted by Crippen LogP contribution is 2.31. The average Bonchev–Trinajstić information content (AvgIpc) is 3.09. The normalized spacial score (nSPS) is 16.2. The van der Waals surface area contributed by atoms with Gasteiger partial charge in [-0.3, -0.25) is 9.36 Å². The van der Waals surface area contributed by atoms with Crippen LogP contribution in [0.15, 0.2) is 76.4 Å². The Morgan fingerprint density at radius 3 is 2.66 bits per heavy atom. The standard InChI is InChI=1S/C24H21ClN2O3S2/c25-18-10-8-16(9-11-18)15-27-22-13-12-19(14-23(22)31-24(27)28)32(29,30)26-21-7-3-5-17-4-1-2-6-20(17)21/h1-2,4,6,8-14,21,26H,3,5,7,15H2/t21-/m0/s1. The number of halogens is 1. The zero-order chi connectivity index (χ0) is 22.3. The number of nitrogens with one attached hydrogen (secondary N) is 1. The number of thiazole rings is 1. The van der Waals surface area contributed by atoms with E-state index < -0.39 is 10.0 Å². The van der Waals surface area contributed by atoms with Crippen molar-refractivity contribution in [3.63, 3.8) is 0 Å². The van der Waals surface area contributed by atoms with Gasteiger partial charge in [0.15, 0.2) is 0 Å². The van der Waals surface area contributed by atoms with Crippen molar-refractivity contribution < 1.29 is 8.42 Å². The summed E-state index contributed by atoms with van der Waals surface area (Å²) in [4.78, 5) is 12.7. The van der Waals surface area contributed by atoms with Crippen molar-refractivity contribution in [1.29, 1.82) is 0 Å². The highest BCUT2D eigenvalue weighted by molar-refractivity contribution is 7.89. The van der Waals surface area contributed by atoms with Crippen LogP contribution in [-0.2, 0) is 23.0 Å². The van der Waals surface area contributed by atoms with Crippen LogP contribution >= 0.6 is 22.9 Å². The van der Waals surface area contributed by atoms with Crippen molar-refractivity contribution in [1.82, 2.24) is 9.29 Å². The summed E-state index contributed by atoms with van der Waals surface area (Å²) in [5.41, 5.74) is 3.91. The molecule has 0 saturated carbocycles. The van der Waals surface area contributed by atoms with Crippen LogP contribution in [0.4, 0.5) is 0 Å². The van der Waals surface area contributed by atoms with Crippen LogP contribution in [0.1, 0.15) is 35.6 Å². The fraction of sp³-hybridized carbons (Fsp3) is 0.208. The van der Waals surface area contributed by atoms with Gasteiger partial charge < -0.3 is 0 Å². The number of hydrogen-bond acceptors (Lipinski definition) is 4. The molecule has 0 spiro atoms. The van der Waals surface area contributed by atoms with Gasteiger partial charge in [0.05, 0.1) is 21.7 Å². The SMILES string of the molecule is O=c1sc2cc(S(=O)(=O)N[C@H]3CCCc4ccccc43)ccc2n1Cc1ccc(Cl)cc1. The second kappa shape index (κ2) is 8.48. The third-order valence-electron chi connectivity index (χ3n) is 5.87. The van der Waals surface area contributed by atoms with Gasteiger partial charge in [-0.2, -0.15) is 0 Å². The van der Waals surface area contributed by atoms with E-state index in [0.29, 0.717) is 16.3 Å². The van der Waals surface area contributed by atoms with Crippen molar-refractivity contribution in [2.24, 2.45) is 0 Å². The van der Waals surface area contributed by atoms with Crippen molar-refractivity contribution >= 4 is 43.2 Å². The van der Waals surface area contributed by atoms with Gasteiger partial charge in [-0.25, -0.2) is 13.1 Å². The van der Waals surface area contributed by atoms with Crippen LogP contribution in [0.2, 0.25) is 5.02 Å². The van der Waals surface area contributed by atoms with Crippen LogP contribution in [0.25, 0.3) is 10.2 Å². The van der Waals surface area contributed by atoms with Crippen molar-refractivity contribution in [3.8, 4) is 0 Å². The number of hydrogen-bond donors (Lipinski definition) is 1. The zero-order valence-corrected chi connectivity index (χ0v) is 19.5. The Morgan fingerprint density at radius 2 is 1.84 bits per heavy atom. The van der Waals surface area contributed by atoms with Crippen LogP contribution in [0.3, 0.4) is 0 Å². The first-order valence-corrected chi connectivity index (χ1v) is 13.1. The number of aromatic nitrogens is 1. The van der Waals surface area contributed by atoms with Crippen molar-refractivity contribution in [2.75, 3.05) is 0 Å². The van der Waals surface area contributed by atoms with Gasteiger partial charge in [0, 0.05) is 11.1 Å². The number of aryl methyl sites for hydroxylation is 1. The summed E-state index contributed by atoms with van der Waals surface area (Å²) in [6.45, 7) is 0.402. The fourth-order valence-electron chi connectivity index (χ4n) is 4.27. The molecule has 5 nitrogen and oxygen atoms in total. The Balaban J connectivity index is 1.45. The first-order chi connectivity index (χ1) is 15.4. The Kier molecular flexibility index (Phi) is 5.67. The monoisotopic (exact) mass is 484 g/mol. The molecule has 0 aliphatic heterocycles. The van der Waals surface area contributed by atoms with Gasteiger partial charge >= 0.3 is 4.87 Å². The van der Waals surface area contributed by atoms with Gasteiger partial charge in [-0.05, 0) is 66.3 Å². The predicted octanol–water partition coefficient (Wildman–Crippen LogP) is 5.12. The highest BCUT2D eigenvalue weighted by atomic mass is 35.5. The molecule has 164 valence electrons. The minimum absolute atomic E-state index is 0.126. The lowest BCUT2D eigenvalue weighted by molar-refractivity contribution is 0.507. The molecule has 1 aliphatic carbocycles. The van der Waals surface area contributed by atoms with E-state index in [0.717, 1.165) is 47.2 Å². The van der Waals surface area contributed by atoms with E-state index in [9.17, 15) is 13.2 Å². The topological polar surface area (TPSA) is 68.2 Å². The predicted molar refractivity (Wildman–Crippen MR) is 129 cm³/mol. The maximum atomic E-state index is 13.2. The summed E-state index contributed by atoms with van der Waals surface area (Å²) in [6, 6.07) is 20.0. The maximum absolute atomic E-state index is 13.2. The number of benzene rings is 3. The molecule has 32 heavy (non-hydrogen) atoms. The molecule has 0 fully saturated rings. The van der Waals surface area contributed by atoms with Crippen molar-refractivity contribution in [2.45, 2.75) is 36.7 Å². The lowest BCUT2D eigenvalue weighted by atomic mass is 9.88. The Morgan fingerprint density at radius 1 is 1.06 bits per heavy atom. The second-order valence-corrected chi connectivity index (χ2v) is 11.1. The number of nitrogens with zero attached hydrogens (tertiary/aromatic N) is 1. The van der Waals surface area contributed by atoms with E-state index in [2.05, 4.69) is 10.8 Å². The van der Waals surface area contributed by atoms with Gasteiger partial charge in [0.25, 0.3) is 0 Å². The van der Waals surface area contributed by atoms with Crippen molar-refractivity contribution in [3.05, 3.63) is 98.1 Å². The summed E-state index contributed by atoms with van der Waals surface area (Å²) >= 11 is 7.00.